The number of nitrogens with one attached hydrogen (secondary N) is 1. The van der Waals surface area contributed by atoms with Crippen molar-refractivity contribution in [3.05, 3.63) is 58.7 Å². The maximum Gasteiger partial charge on any atom is 0.336 e. The number of thiazole rings is 1. The zero-order valence-electron chi connectivity index (χ0n) is 13.5. The Kier molecular flexibility index (Phi) is 5.95. The average Bonchev–Trinajstić information content (AvgIpc) is 2.94. The molecule has 25 heavy (non-hydrogen) atoms. The number of rotatable bonds is 5. The first-order valence-corrected chi connectivity index (χ1v) is 8.07. The van der Waals surface area contributed by atoms with Gasteiger partial charge in [-0.05, 0) is 32.0 Å². The van der Waals surface area contributed by atoms with Crippen LogP contribution in [0.3, 0.4) is 0 Å². The van der Waals surface area contributed by atoms with Crippen LogP contribution in [0.1, 0.15) is 21.6 Å². The zero-order valence-corrected chi connectivity index (χ0v) is 15.1. The van der Waals surface area contributed by atoms with E-state index in [4.69, 9.17) is 4.74 Å². The lowest BCUT2D eigenvalue weighted by molar-refractivity contribution is 0.0695. The highest BCUT2D eigenvalue weighted by Gasteiger charge is 2.12. The molecular weight excluding hydrogens is 362 g/mol. The molecule has 0 aliphatic heterocycles. The van der Waals surface area contributed by atoms with Crippen molar-refractivity contribution in [3.8, 4) is 11.5 Å². The molecule has 3 aromatic rings. The number of nitrogens with zero attached hydrogens (tertiary/aromatic N) is 2. The van der Waals surface area contributed by atoms with Crippen molar-refractivity contribution in [1.29, 1.82) is 0 Å². The van der Waals surface area contributed by atoms with Crippen molar-refractivity contribution in [2.24, 2.45) is 0 Å². The Morgan fingerprint density at radius 1 is 1.28 bits per heavy atom. The fourth-order valence-corrected chi connectivity index (χ4v) is 2.84. The van der Waals surface area contributed by atoms with Gasteiger partial charge in [0, 0.05) is 23.2 Å². The first-order valence-electron chi connectivity index (χ1n) is 7.19. The number of ether oxygens (including phenoxy) is 1. The summed E-state index contributed by atoms with van der Waals surface area (Å²) in [5.74, 6) is 0.687. The minimum absolute atomic E-state index is 0. The van der Waals surface area contributed by atoms with Crippen LogP contribution in [-0.4, -0.2) is 21.0 Å². The highest BCUT2D eigenvalue weighted by molar-refractivity contribution is 7.13. The van der Waals surface area contributed by atoms with Crippen LogP contribution in [0.2, 0.25) is 0 Å². The molecule has 3 rings (SSSR count). The number of anilines is 2. The molecule has 0 aliphatic rings. The number of aromatic nitrogens is 2. The van der Waals surface area contributed by atoms with Crippen LogP contribution < -0.4 is 10.1 Å². The van der Waals surface area contributed by atoms with Crippen LogP contribution in [0.25, 0.3) is 0 Å². The molecule has 8 heteroatoms. The van der Waals surface area contributed by atoms with Crippen LogP contribution in [0.15, 0.2) is 41.9 Å². The fraction of sp³-hybridized carbons (Fsp3) is 0.118. The highest BCUT2D eigenvalue weighted by atomic mass is 35.5. The van der Waals surface area contributed by atoms with Gasteiger partial charge in [-0.1, -0.05) is 6.07 Å². The zero-order chi connectivity index (χ0) is 17.1. The molecule has 0 spiro atoms. The first-order chi connectivity index (χ1) is 11.5. The third-order valence-corrected chi connectivity index (χ3v) is 4.20. The number of aromatic carboxylic acids is 1. The number of halogens is 1. The van der Waals surface area contributed by atoms with Gasteiger partial charge in [-0.2, -0.15) is 0 Å². The maximum atomic E-state index is 11.2. The smallest absolute Gasteiger partial charge is 0.336 e. The SMILES string of the molecule is Cc1csc(Nc2cc(Oc3cccc(C(=O)O)c3C)ccn2)n1.Cl. The Hall–Kier alpha value is -2.64. The Morgan fingerprint density at radius 3 is 2.76 bits per heavy atom. The van der Waals surface area contributed by atoms with E-state index >= 15 is 0 Å². The third-order valence-electron chi connectivity index (χ3n) is 3.33. The van der Waals surface area contributed by atoms with E-state index in [-0.39, 0.29) is 18.0 Å². The number of carbonyl (C=O) groups is 1. The van der Waals surface area contributed by atoms with E-state index in [0.717, 1.165) is 10.8 Å². The number of carboxylic acid groups (broad SMARTS) is 1. The lowest BCUT2D eigenvalue weighted by Gasteiger charge is -2.11. The second kappa shape index (κ2) is 7.96. The van der Waals surface area contributed by atoms with Crippen molar-refractivity contribution in [3.63, 3.8) is 0 Å². The lowest BCUT2D eigenvalue weighted by Crippen LogP contribution is -2.01. The Balaban J connectivity index is 0.00000225. The monoisotopic (exact) mass is 377 g/mol. The van der Waals surface area contributed by atoms with E-state index in [2.05, 4.69) is 15.3 Å². The molecular formula is C17H16ClN3O3S. The molecule has 0 radical (unpaired) electrons. The number of benzene rings is 1. The summed E-state index contributed by atoms with van der Waals surface area (Å²) >= 11 is 1.49. The lowest BCUT2D eigenvalue weighted by atomic mass is 10.1. The van der Waals surface area contributed by atoms with E-state index in [1.165, 1.54) is 11.3 Å². The number of hydrogen-bond donors (Lipinski definition) is 2. The number of aryl methyl sites for hydroxylation is 1. The van der Waals surface area contributed by atoms with Gasteiger partial charge in [0.05, 0.1) is 11.3 Å². The fourth-order valence-electron chi connectivity index (χ4n) is 2.15. The second-order valence-electron chi connectivity index (χ2n) is 5.13. The van der Waals surface area contributed by atoms with Gasteiger partial charge >= 0.3 is 5.97 Å². The van der Waals surface area contributed by atoms with Crippen LogP contribution in [0.5, 0.6) is 11.5 Å². The summed E-state index contributed by atoms with van der Waals surface area (Å²) in [6.45, 7) is 3.64. The van der Waals surface area contributed by atoms with Gasteiger partial charge < -0.3 is 15.2 Å². The molecule has 0 saturated heterocycles. The van der Waals surface area contributed by atoms with Crippen molar-refractivity contribution in [2.45, 2.75) is 13.8 Å². The van der Waals surface area contributed by atoms with E-state index in [1.807, 2.05) is 12.3 Å². The molecule has 0 fully saturated rings. The summed E-state index contributed by atoms with van der Waals surface area (Å²) in [7, 11) is 0. The maximum absolute atomic E-state index is 11.2. The van der Waals surface area contributed by atoms with Crippen molar-refractivity contribution in [2.75, 3.05) is 5.32 Å². The molecule has 0 saturated carbocycles. The van der Waals surface area contributed by atoms with Gasteiger partial charge in [0.2, 0.25) is 0 Å². The second-order valence-corrected chi connectivity index (χ2v) is 5.99. The van der Waals surface area contributed by atoms with Crippen molar-refractivity contribution < 1.29 is 14.6 Å². The van der Waals surface area contributed by atoms with Crippen LogP contribution in [0.4, 0.5) is 10.9 Å². The van der Waals surface area contributed by atoms with Crippen LogP contribution >= 0.6 is 23.7 Å². The quantitative estimate of drug-likeness (QED) is 0.663. The largest absolute Gasteiger partial charge is 0.478 e. The van der Waals surface area contributed by atoms with Gasteiger partial charge in [-0.3, -0.25) is 0 Å². The minimum atomic E-state index is -0.978. The van der Waals surface area contributed by atoms with Gasteiger partial charge in [-0.15, -0.1) is 23.7 Å². The Morgan fingerprint density at radius 2 is 2.08 bits per heavy atom. The molecule has 1 aromatic carbocycles. The van der Waals surface area contributed by atoms with E-state index in [0.29, 0.717) is 22.9 Å². The van der Waals surface area contributed by atoms with Crippen LogP contribution in [0, 0.1) is 13.8 Å². The molecule has 0 amide bonds. The summed E-state index contributed by atoms with van der Waals surface area (Å²) in [4.78, 5) is 19.8. The van der Waals surface area contributed by atoms with Gasteiger partial charge in [-0.25, -0.2) is 14.8 Å². The minimum Gasteiger partial charge on any atom is -0.478 e. The van der Waals surface area contributed by atoms with Crippen LogP contribution in [-0.2, 0) is 0 Å². The normalized spacial score (nSPS) is 10.0. The van der Waals surface area contributed by atoms with E-state index < -0.39 is 5.97 Å². The summed E-state index contributed by atoms with van der Waals surface area (Å²) in [5.41, 5.74) is 1.74. The van der Waals surface area contributed by atoms with Gasteiger partial charge in [0.25, 0.3) is 0 Å². The average molecular weight is 378 g/mol. The topological polar surface area (TPSA) is 84.3 Å². The Bertz CT molecular complexity index is 898. The molecule has 0 unspecified atom stereocenters. The Labute approximate surface area is 154 Å². The highest BCUT2D eigenvalue weighted by Crippen LogP contribution is 2.29. The van der Waals surface area contributed by atoms with Gasteiger partial charge in [0.1, 0.15) is 17.3 Å². The predicted molar refractivity (Wildman–Crippen MR) is 99.8 cm³/mol. The standard InChI is InChI=1S/C17H15N3O3S.ClH/c1-10-9-24-17(19-10)20-15-8-12(6-7-18-15)23-14-5-3-4-13(11(14)2)16(21)22;/h3-9H,1-2H3,(H,21,22)(H,18,19,20);1H. The predicted octanol–water partition coefficient (Wildman–Crippen LogP) is 4.81. The molecule has 2 aromatic heterocycles. The summed E-state index contributed by atoms with van der Waals surface area (Å²) < 4.78 is 5.82. The summed E-state index contributed by atoms with van der Waals surface area (Å²) in [6, 6.07) is 8.40. The summed E-state index contributed by atoms with van der Waals surface area (Å²) in [5, 5.41) is 15.0. The van der Waals surface area contributed by atoms with Crippen molar-refractivity contribution in [1.82, 2.24) is 9.97 Å². The molecule has 6 nitrogen and oxygen atoms in total. The third kappa shape index (κ3) is 4.46. The molecule has 130 valence electrons. The first kappa shape index (κ1) is 18.7. The number of hydrogen-bond acceptors (Lipinski definition) is 6. The van der Waals surface area contributed by atoms with E-state index in [9.17, 15) is 9.90 Å². The van der Waals surface area contributed by atoms with E-state index in [1.54, 1.807) is 43.5 Å². The molecule has 2 heterocycles. The molecule has 0 atom stereocenters. The molecule has 0 aliphatic carbocycles. The molecule has 2 N–H and O–H groups in total. The van der Waals surface area contributed by atoms with Gasteiger partial charge in [0.15, 0.2) is 5.13 Å². The molecule has 0 bridgehead atoms. The number of pyridine rings is 1. The summed E-state index contributed by atoms with van der Waals surface area (Å²) in [6.07, 6.45) is 1.62. The number of carboxylic acids is 1. The van der Waals surface area contributed by atoms with Crippen molar-refractivity contribution >= 4 is 40.7 Å².